The molecule has 120 valence electrons. The van der Waals surface area contributed by atoms with Crippen LogP contribution in [0.15, 0.2) is 48.5 Å². The van der Waals surface area contributed by atoms with Gasteiger partial charge in [0.1, 0.15) is 11.5 Å². The summed E-state index contributed by atoms with van der Waals surface area (Å²) >= 11 is 0. The molecule has 0 saturated carbocycles. The van der Waals surface area contributed by atoms with Crippen LogP contribution in [0.3, 0.4) is 0 Å². The van der Waals surface area contributed by atoms with Gasteiger partial charge in [-0.1, -0.05) is 30.3 Å². The number of hydrogen-bond acceptors (Lipinski definition) is 4. The van der Waals surface area contributed by atoms with Crippen molar-refractivity contribution in [2.45, 2.75) is 6.04 Å². The minimum absolute atomic E-state index is 0.000823. The van der Waals surface area contributed by atoms with Crippen LogP contribution in [0.5, 0.6) is 0 Å². The maximum atomic E-state index is 13.4. The average Bonchev–Trinajstić information content (AvgIpc) is 2.56. The number of hydrogen-bond donors (Lipinski definition) is 0. The molecular formula is C17H18FN3O2. The van der Waals surface area contributed by atoms with Gasteiger partial charge in [-0.15, -0.1) is 0 Å². The Hall–Kier alpha value is -2.47. The van der Waals surface area contributed by atoms with E-state index in [1.165, 1.54) is 12.1 Å². The van der Waals surface area contributed by atoms with E-state index in [0.29, 0.717) is 12.2 Å². The predicted octanol–water partition coefficient (Wildman–Crippen LogP) is 3.23. The van der Waals surface area contributed by atoms with Crippen LogP contribution in [0.1, 0.15) is 11.6 Å². The van der Waals surface area contributed by atoms with Gasteiger partial charge < -0.3 is 9.80 Å². The summed E-state index contributed by atoms with van der Waals surface area (Å²) < 4.78 is 13.4. The molecule has 0 N–H and O–H groups in total. The Bertz CT molecular complexity index is 708. The van der Waals surface area contributed by atoms with Crippen molar-refractivity contribution in [2.24, 2.45) is 0 Å². The maximum Gasteiger partial charge on any atom is 0.295 e. The third-order valence-electron chi connectivity index (χ3n) is 4.21. The Morgan fingerprint density at radius 1 is 1.17 bits per heavy atom. The van der Waals surface area contributed by atoms with Crippen LogP contribution in [-0.4, -0.2) is 36.5 Å². The van der Waals surface area contributed by atoms with Crippen LogP contribution in [-0.2, 0) is 0 Å². The van der Waals surface area contributed by atoms with Gasteiger partial charge in [-0.05, 0) is 24.7 Å². The first-order chi connectivity index (χ1) is 11.1. The van der Waals surface area contributed by atoms with E-state index in [-0.39, 0.29) is 11.7 Å². The Morgan fingerprint density at radius 2 is 1.91 bits per heavy atom. The fourth-order valence-electron chi connectivity index (χ4n) is 3.05. The van der Waals surface area contributed by atoms with Crippen LogP contribution in [0.25, 0.3) is 0 Å². The Labute approximate surface area is 134 Å². The van der Waals surface area contributed by atoms with Crippen molar-refractivity contribution in [3.63, 3.8) is 0 Å². The fraction of sp³-hybridized carbons (Fsp3) is 0.294. The summed E-state index contributed by atoms with van der Waals surface area (Å²) in [6.07, 6.45) is 0. The number of likely N-dealkylation sites (N-methyl/N-ethyl adjacent to an activating group) is 1. The van der Waals surface area contributed by atoms with Gasteiger partial charge in [0.05, 0.1) is 17.0 Å². The van der Waals surface area contributed by atoms with Gasteiger partial charge in [0, 0.05) is 19.6 Å². The zero-order chi connectivity index (χ0) is 16.4. The lowest BCUT2D eigenvalue weighted by Gasteiger charge is -2.41. The lowest BCUT2D eigenvalue weighted by molar-refractivity contribution is -0.384. The third-order valence-corrected chi connectivity index (χ3v) is 4.21. The summed E-state index contributed by atoms with van der Waals surface area (Å²) in [6, 6.07) is 13.7. The predicted molar refractivity (Wildman–Crippen MR) is 87.1 cm³/mol. The molecule has 3 rings (SSSR count). The van der Waals surface area contributed by atoms with E-state index >= 15 is 0 Å². The summed E-state index contributed by atoms with van der Waals surface area (Å²) in [5.74, 6) is -0.592. The highest BCUT2D eigenvalue weighted by atomic mass is 19.1. The molecule has 0 bridgehead atoms. The second-order valence-corrected chi connectivity index (χ2v) is 5.77. The molecule has 5 nitrogen and oxygen atoms in total. The molecule has 1 fully saturated rings. The highest BCUT2D eigenvalue weighted by molar-refractivity contribution is 5.64. The summed E-state index contributed by atoms with van der Waals surface area (Å²) in [7, 11) is 2.03. The molecule has 0 aromatic heterocycles. The first-order valence-corrected chi connectivity index (χ1v) is 7.50. The van der Waals surface area contributed by atoms with E-state index in [1.807, 2.05) is 42.3 Å². The largest absolute Gasteiger partial charge is 0.356 e. The van der Waals surface area contributed by atoms with Gasteiger partial charge in [0.2, 0.25) is 0 Å². The lowest BCUT2D eigenvalue weighted by atomic mass is 10.0. The summed E-state index contributed by atoms with van der Waals surface area (Å²) in [6.45, 7) is 2.22. The SMILES string of the molecule is CN1CCN(c2ccc(F)cc2[N+](=O)[O-])[C@H](c2ccccc2)C1. The van der Waals surface area contributed by atoms with Crippen molar-refractivity contribution >= 4 is 11.4 Å². The zero-order valence-corrected chi connectivity index (χ0v) is 12.9. The third kappa shape index (κ3) is 3.17. The average molecular weight is 315 g/mol. The molecule has 0 amide bonds. The number of halogens is 1. The molecule has 6 heteroatoms. The second kappa shape index (κ2) is 6.34. The smallest absolute Gasteiger partial charge is 0.295 e. The Balaban J connectivity index is 2.04. The molecule has 1 aliphatic heterocycles. The molecule has 0 radical (unpaired) electrons. The molecule has 0 aliphatic carbocycles. The summed E-state index contributed by atoms with van der Waals surface area (Å²) in [5, 5.41) is 11.3. The molecule has 0 spiro atoms. The highest BCUT2D eigenvalue weighted by Gasteiger charge is 2.31. The molecular weight excluding hydrogens is 297 g/mol. The number of piperazine rings is 1. The minimum Gasteiger partial charge on any atom is -0.356 e. The second-order valence-electron chi connectivity index (χ2n) is 5.77. The zero-order valence-electron chi connectivity index (χ0n) is 12.9. The van der Waals surface area contributed by atoms with E-state index in [2.05, 4.69) is 4.90 Å². The van der Waals surface area contributed by atoms with Gasteiger partial charge >= 0.3 is 0 Å². The monoisotopic (exact) mass is 315 g/mol. The standard InChI is InChI=1S/C17H18FN3O2/c1-19-9-10-20(17(12-19)13-5-3-2-4-6-13)15-8-7-14(18)11-16(15)21(22)23/h2-8,11,17H,9-10,12H2,1H3/t17-/m0/s1. The van der Waals surface area contributed by atoms with Crippen molar-refractivity contribution < 1.29 is 9.31 Å². The van der Waals surface area contributed by atoms with Crippen LogP contribution in [0.2, 0.25) is 0 Å². The molecule has 1 atom stereocenters. The van der Waals surface area contributed by atoms with Gasteiger partial charge in [-0.25, -0.2) is 4.39 Å². The van der Waals surface area contributed by atoms with Crippen LogP contribution >= 0.6 is 0 Å². The van der Waals surface area contributed by atoms with Crippen molar-refractivity contribution in [2.75, 3.05) is 31.6 Å². The number of nitrogens with zero attached hydrogens (tertiary/aromatic N) is 3. The molecule has 0 unspecified atom stereocenters. The number of rotatable bonds is 3. The molecule has 1 saturated heterocycles. The van der Waals surface area contributed by atoms with E-state index < -0.39 is 10.7 Å². The minimum atomic E-state index is -0.592. The normalized spacial score (nSPS) is 18.9. The van der Waals surface area contributed by atoms with Gasteiger partial charge in [-0.3, -0.25) is 10.1 Å². The van der Waals surface area contributed by atoms with E-state index in [0.717, 1.165) is 24.7 Å². The van der Waals surface area contributed by atoms with Gasteiger partial charge in [-0.2, -0.15) is 0 Å². The summed E-state index contributed by atoms with van der Waals surface area (Å²) in [5.41, 5.74) is 1.38. The summed E-state index contributed by atoms with van der Waals surface area (Å²) in [4.78, 5) is 15.0. The topological polar surface area (TPSA) is 49.6 Å². The van der Waals surface area contributed by atoms with Crippen molar-refractivity contribution in [3.05, 3.63) is 70.0 Å². The molecule has 1 heterocycles. The van der Waals surface area contributed by atoms with Crippen molar-refractivity contribution in [3.8, 4) is 0 Å². The first-order valence-electron chi connectivity index (χ1n) is 7.50. The van der Waals surface area contributed by atoms with E-state index in [9.17, 15) is 14.5 Å². The Kier molecular flexibility index (Phi) is 4.25. The van der Waals surface area contributed by atoms with Crippen molar-refractivity contribution in [1.82, 2.24) is 4.90 Å². The maximum absolute atomic E-state index is 13.4. The molecule has 2 aromatic carbocycles. The van der Waals surface area contributed by atoms with Gasteiger partial charge in [0.25, 0.3) is 5.69 Å². The highest BCUT2D eigenvalue weighted by Crippen LogP contribution is 2.36. The van der Waals surface area contributed by atoms with Crippen LogP contribution < -0.4 is 4.90 Å². The van der Waals surface area contributed by atoms with Crippen molar-refractivity contribution in [1.29, 1.82) is 0 Å². The number of nitro benzene ring substituents is 1. The number of anilines is 1. The lowest BCUT2D eigenvalue weighted by Crippen LogP contribution is -2.47. The quantitative estimate of drug-likeness (QED) is 0.644. The van der Waals surface area contributed by atoms with E-state index in [4.69, 9.17) is 0 Å². The molecule has 23 heavy (non-hydrogen) atoms. The molecule has 2 aromatic rings. The number of nitro groups is 1. The number of benzene rings is 2. The van der Waals surface area contributed by atoms with E-state index in [1.54, 1.807) is 0 Å². The first kappa shape index (κ1) is 15.4. The van der Waals surface area contributed by atoms with Gasteiger partial charge in [0.15, 0.2) is 0 Å². The molecule has 1 aliphatic rings. The fourth-order valence-corrected chi connectivity index (χ4v) is 3.05. The van der Waals surface area contributed by atoms with Crippen LogP contribution in [0, 0.1) is 15.9 Å². The van der Waals surface area contributed by atoms with Crippen LogP contribution in [0.4, 0.5) is 15.8 Å². The Morgan fingerprint density at radius 3 is 2.61 bits per heavy atom.